The van der Waals surface area contributed by atoms with Crippen LogP contribution in [0.3, 0.4) is 0 Å². The highest BCUT2D eigenvalue weighted by atomic mass is 32.1. The van der Waals surface area contributed by atoms with Crippen molar-refractivity contribution in [3.8, 4) is 0 Å². The molecule has 18 heavy (non-hydrogen) atoms. The molecule has 0 aliphatic rings. The van der Waals surface area contributed by atoms with Crippen molar-refractivity contribution in [3.63, 3.8) is 0 Å². The van der Waals surface area contributed by atoms with Gasteiger partial charge in [-0.3, -0.25) is 0 Å². The molecule has 5 heteroatoms. The van der Waals surface area contributed by atoms with E-state index in [2.05, 4.69) is 22.4 Å². The predicted molar refractivity (Wildman–Crippen MR) is 72.9 cm³/mol. The van der Waals surface area contributed by atoms with Gasteiger partial charge in [-0.2, -0.15) is 0 Å². The van der Waals surface area contributed by atoms with E-state index in [1.165, 1.54) is 6.42 Å². The third kappa shape index (κ3) is 4.23. The van der Waals surface area contributed by atoms with E-state index in [0.29, 0.717) is 0 Å². The maximum atomic E-state index is 5.30. The Hall–Kier alpha value is -1.20. The number of nitrogens with one attached hydrogen (secondary N) is 1. The first kappa shape index (κ1) is 13.2. The fourth-order valence-electron chi connectivity index (χ4n) is 1.67. The quantitative estimate of drug-likeness (QED) is 0.745. The monoisotopic (exact) mass is 265 g/mol. The molecule has 0 atom stereocenters. The van der Waals surface area contributed by atoms with Crippen LogP contribution in [0.4, 0.5) is 0 Å². The molecular formula is C13H19N3OS. The second kappa shape index (κ2) is 7.28. The molecule has 4 nitrogen and oxygen atoms in total. The van der Waals surface area contributed by atoms with Crippen molar-refractivity contribution in [1.82, 2.24) is 15.5 Å². The maximum absolute atomic E-state index is 5.30. The van der Waals surface area contributed by atoms with Crippen LogP contribution in [0.1, 0.15) is 29.1 Å². The zero-order valence-electron chi connectivity index (χ0n) is 10.7. The van der Waals surface area contributed by atoms with Gasteiger partial charge in [0.15, 0.2) is 0 Å². The molecule has 2 rings (SSSR count). The van der Waals surface area contributed by atoms with Gasteiger partial charge in [-0.1, -0.05) is 6.92 Å². The number of aryl methyl sites for hydroxylation is 2. The first-order valence-electron chi connectivity index (χ1n) is 6.43. The van der Waals surface area contributed by atoms with Crippen molar-refractivity contribution < 1.29 is 4.42 Å². The van der Waals surface area contributed by atoms with Crippen molar-refractivity contribution in [3.05, 3.63) is 34.2 Å². The number of hydrogen-bond donors (Lipinski definition) is 1. The lowest BCUT2D eigenvalue weighted by atomic mass is 10.2. The summed E-state index contributed by atoms with van der Waals surface area (Å²) in [7, 11) is 0. The number of rotatable bonds is 8. The fourth-order valence-corrected chi connectivity index (χ4v) is 2.52. The Morgan fingerprint density at radius 3 is 2.72 bits per heavy atom. The highest BCUT2D eigenvalue weighted by Gasteiger charge is 2.05. The molecule has 2 aromatic rings. The van der Waals surface area contributed by atoms with Gasteiger partial charge >= 0.3 is 0 Å². The number of nitrogens with zero attached hydrogens (tertiary/aromatic N) is 2. The second-order valence-corrected chi connectivity index (χ2v) is 5.32. The molecule has 0 radical (unpaired) electrons. The summed E-state index contributed by atoms with van der Waals surface area (Å²) in [5.74, 6) is 1.01. The average Bonchev–Trinajstić information content (AvgIpc) is 3.03. The Morgan fingerprint density at radius 2 is 2.00 bits per heavy atom. The lowest BCUT2D eigenvalue weighted by Gasteiger charge is -1.98. The summed E-state index contributed by atoms with van der Waals surface area (Å²) in [6, 6.07) is 3.91. The van der Waals surface area contributed by atoms with Gasteiger partial charge in [-0.25, -0.2) is 0 Å². The lowest BCUT2D eigenvalue weighted by molar-refractivity contribution is 0.508. The zero-order chi connectivity index (χ0) is 12.6. The highest BCUT2D eigenvalue weighted by Crippen LogP contribution is 2.13. The fraction of sp³-hybridized carbons (Fsp3) is 0.538. The molecule has 0 unspecified atom stereocenters. The van der Waals surface area contributed by atoms with Crippen LogP contribution in [0, 0.1) is 0 Å². The van der Waals surface area contributed by atoms with Gasteiger partial charge in [0.1, 0.15) is 15.8 Å². The van der Waals surface area contributed by atoms with Crippen LogP contribution in [0.2, 0.25) is 0 Å². The van der Waals surface area contributed by atoms with E-state index in [1.807, 2.05) is 12.1 Å². The molecule has 0 bridgehead atoms. The third-order valence-corrected chi connectivity index (χ3v) is 3.66. The first-order chi connectivity index (χ1) is 8.88. The molecule has 0 amide bonds. The highest BCUT2D eigenvalue weighted by molar-refractivity contribution is 7.11. The molecule has 0 fully saturated rings. The van der Waals surface area contributed by atoms with Crippen molar-refractivity contribution in [2.75, 3.05) is 13.1 Å². The van der Waals surface area contributed by atoms with Crippen molar-refractivity contribution >= 4 is 11.3 Å². The molecule has 0 saturated heterocycles. The lowest BCUT2D eigenvalue weighted by Crippen LogP contribution is -2.17. The SMILES string of the molecule is CCCNCCc1nnc(CCc2ccco2)s1. The van der Waals surface area contributed by atoms with Gasteiger partial charge in [-0.15, -0.1) is 21.5 Å². The van der Waals surface area contributed by atoms with Gasteiger partial charge in [0.2, 0.25) is 0 Å². The smallest absolute Gasteiger partial charge is 0.118 e. The van der Waals surface area contributed by atoms with E-state index in [1.54, 1.807) is 17.6 Å². The Kier molecular flexibility index (Phi) is 5.36. The van der Waals surface area contributed by atoms with Crippen LogP contribution in [-0.2, 0) is 19.3 Å². The van der Waals surface area contributed by atoms with Crippen LogP contribution in [0.15, 0.2) is 22.8 Å². The zero-order valence-corrected chi connectivity index (χ0v) is 11.5. The van der Waals surface area contributed by atoms with E-state index >= 15 is 0 Å². The van der Waals surface area contributed by atoms with Gasteiger partial charge < -0.3 is 9.73 Å². The molecule has 0 spiro atoms. The standard InChI is InChI=1S/C13H19N3OS/c1-2-8-14-9-7-13-16-15-12(18-13)6-5-11-4-3-10-17-11/h3-4,10,14H,2,5-9H2,1H3. The molecule has 98 valence electrons. The van der Waals surface area contributed by atoms with E-state index < -0.39 is 0 Å². The summed E-state index contributed by atoms with van der Waals surface area (Å²) in [5.41, 5.74) is 0. The van der Waals surface area contributed by atoms with Gasteiger partial charge in [0.05, 0.1) is 6.26 Å². The summed E-state index contributed by atoms with van der Waals surface area (Å²) < 4.78 is 5.30. The Morgan fingerprint density at radius 1 is 1.17 bits per heavy atom. The minimum atomic E-state index is 0.899. The molecule has 0 aliphatic carbocycles. The van der Waals surface area contributed by atoms with Crippen LogP contribution < -0.4 is 5.32 Å². The molecule has 0 aromatic carbocycles. The van der Waals surface area contributed by atoms with Crippen LogP contribution in [-0.4, -0.2) is 23.3 Å². The van der Waals surface area contributed by atoms with E-state index in [4.69, 9.17) is 4.42 Å². The van der Waals surface area contributed by atoms with Crippen LogP contribution in [0.25, 0.3) is 0 Å². The number of furan rings is 1. The summed E-state index contributed by atoms with van der Waals surface area (Å²) in [6.07, 6.45) is 5.66. The Labute approximate surface area is 111 Å². The van der Waals surface area contributed by atoms with Gasteiger partial charge in [0.25, 0.3) is 0 Å². The van der Waals surface area contributed by atoms with Gasteiger partial charge in [-0.05, 0) is 25.1 Å². The summed E-state index contributed by atoms with van der Waals surface area (Å²) >= 11 is 1.71. The molecular weight excluding hydrogens is 246 g/mol. The number of hydrogen-bond acceptors (Lipinski definition) is 5. The summed E-state index contributed by atoms with van der Waals surface area (Å²) in [6.45, 7) is 4.23. The van der Waals surface area contributed by atoms with Crippen molar-refractivity contribution in [1.29, 1.82) is 0 Å². The summed E-state index contributed by atoms with van der Waals surface area (Å²) in [4.78, 5) is 0. The Bertz CT molecular complexity index is 439. The Balaban J connectivity index is 1.72. The predicted octanol–water partition coefficient (Wildman–Crippen LogP) is 2.46. The molecule has 1 N–H and O–H groups in total. The molecule has 0 aliphatic heterocycles. The minimum Gasteiger partial charge on any atom is -0.469 e. The van der Waals surface area contributed by atoms with E-state index in [0.717, 1.165) is 48.1 Å². The molecule has 0 saturated carbocycles. The van der Waals surface area contributed by atoms with E-state index in [9.17, 15) is 0 Å². The topological polar surface area (TPSA) is 51.0 Å². The van der Waals surface area contributed by atoms with Crippen molar-refractivity contribution in [2.45, 2.75) is 32.6 Å². The molecule has 2 heterocycles. The normalized spacial score (nSPS) is 10.9. The largest absolute Gasteiger partial charge is 0.469 e. The van der Waals surface area contributed by atoms with Crippen molar-refractivity contribution in [2.24, 2.45) is 0 Å². The maximum Gasteiger partial charge on any atom is 0.118 e. The number of aromatic nitrogens is 2. The average molecular weight is 265 g/mol. The second-order valence-electron chi connectivity index (χ2n) is 4.17. The van der Waals surface area contributed by atoms with E-state index in [-0.39, 0.29) is 0 Å². The van der Waals surface area contributed by atoms with Crippen LogP contribution >= 0.6 is 11.3 Å². The van der Waals surface area contributed by atoms with Crippen LogP contribution in [0.5, 0.6) is 0 Å². The molecule has 2 aromatic heterocycles. The van der Waals surface area contributed by atoms with Gasteiger partial charge in [0, 0.05) is 25.8 Å². The summed E-state index contributed by atoms with van der Waals surface area (Å²) in [5, 5.41) is 14.0. The minimum absolute atomic E-state index is 0.899. The first-order valence-corrected chi connectivity index (χ1v) is 7.24. The third-order valence-electron chi connectivity index (χ3n) is 2.62.